The van der Waals surface area contributed by atoms with E-state index in [1.165, 1.54) is 13.8 Å². The molecule has 146 valence electrons. The van der Waals surface area contributed by atoms with Crippen molar-refractivity contribution in [2.45, 2.75) is 73.1 Å². The van der Waals surface area contributed by atoms with E-state index in [1.54, 1.807) is 0 Å². The molecule has 0 aromatic heterocycles. The minimum atomic E-state index is -1.31. The SMILES string of the molecule is CC(=O)C(C)C(=O)[O-].CCCCO.CCCCO.CCCCO.[Zr]. The smallest absolute Gasteiger partial charge is 0.138 e. The van der Waals surface area contributed by atoms with Gasteiger partial charge in [0.15, 0.2) is 0 Å². The van der Waals surface area contributed by atoms with E-state index in [0.29, 0.717) is 19.8 Å². The van der Waals surface area contributed by atoms with Gasteiger partial charge in [-0.05, 0) is 26.2 Å². The van der Waals surface area contributed by atoms with Gasteiger partial charge in [-0.25, -0.2) is 0 Å². The maximum absolute atomic E-state index is 10.2. The monoisotopic (exact) mass is 427 g/mol. The van der Waals surface area contributed by atoms with Gasteiger partial charge in [0.05, 0.1) is 11.9 Å². The molecule has 0 spiro atoms. The van der Waals surface area contributed by atoms with E-state index >= 15 is 0 Å². The Morgan fingerprint density at radius 3 is 1.08 bits per heavy atom. The zero-order valence-electron chi connectivity index (χ0n) is 16.0. The van der Waals surface area contributed by atoms with Crippen LogP contribution in [-0.2, 0) is 35.8 Å². The number of carbonyl (C=O) groups excluding carboxylic acids is 2. The fourth-order valence-corrected chi connectivity index (χ4v) is 0.640. The maximum atomic E-state index is 10.2. The fraction of sp³-hybridized carbons (Fsp3) is 0.882. The predicted octanol–water partition coefficient (Wildman–Crippen LogP) is 1.30. The zero-order chi connectivity index (χ0) is 19.1. The number of hydrogen-bond acceptors (Lipinski definition) is 6. The molecule has 0 aliphatic carbocycles. The molecule has 0 saturated carbocycles. The first-order chi connectivity index (χ1) is 10.8. The molecule has 0 aromatic rings. The molecule has 0 aromatic carbocycles. The van der Waals surface area contributed by atoms with Crippen LogP contribution in [-0.4, -0.2) is 46.9 Å². The Morgan fingerprint density at radius 1 is 0.833 bits per heavy atom. The van der Waals surface area contributed by atoms with Crippen LogP contribution in [0.5, 0.6) is 0 Å². The number of ketones is 1. The van der Waals surface area contributed by atoms with E-state index in [1.807, 2.05) is 0 Å². The third-order valence-corrected chi connectivity index (χ3v) is 2.50. The molecule has 0 fully saturated rings. The summed E-state index contributed by atoms with van der Waals surface area (Å²) in [7, 11) is 0. The Hall–Kier alpha value is -0.0969. The Labute approximate surface area is 166 Å². The van der Waals surface area contributed by atoms with Crippen molar-refractivity contribution < 1.29 is 56.2 Å². The second-order valence-electron chi connectivity index (χ2n) is 4.88. The average molecular weight is 429 g/mol. The van der Waals surface area contributed by atoms with Crippen molar-refractivity contribution in [3.8, 4) is 0 Å². The summed E-state index contributed by atoms with van der Waals surface area (Å²) in [5, 5.41) is 34.0. The number of unbranched alkanes of at least 4 members (excludes halogenated alkanes) is 3. The third-order valence-electron chi connectivity index (χ3n) is 2.50. The molecule has 0 amide bonds. The quantitative estimate of drug-likeness (QED) is 0.502. The Morgan fingerprint density at radius 2 is 1.08 bits per heavy atom. The van der Waals surface area contributed by atoms with Crippen molar-refractivity contribution in [3.05, 3.63) is 0 Å². The van der Waals surface area contributed by atoms with Crippen LogP contribution in [0.1, 0.15) is 73.1 Å². The van der Waals surface area contributed by atoms with Crippen LogP contribution in [0, 0.1) is 5.92 Å². The van der Waals surface area contributed by atoms with Gasteiger partial charge in [0.1, 0.15) is 5.78 Å². The van der Waals surface area contributed by atoms with Gasteiger partial charge < -0.3 is 25.2 Å². The summed E-state index contributed by atoms with van der Waals surface area (Å²) in [6.07, 6.45) is 6.11. The number of carboxylic acid groups (broad SMARTS) is 1. The number of rotatable bonds is 8. The van der Waals surface area contributed by atoms with Gasteiger partial charge in [-0.15, -0.1) is 0 Å². The second kappa shape index (κ2) is 34.3. The molecule has 6 nitrogen and oxygen atoms in total. The number of aliphatic hydroxyl groups is 3. The Kier molecular flexibility index (Phi) is 50.1. The summed E-state index contributed by atoms with van der Waals surface area (Å²) < 4.78 is 0. The molecule has 1 unspecified atom stereocenters. The normalized spacial score (nSPS) is 9.50. The summed E-state index contributed by atoms with van der Waals surface area (Å²) in [6, 6.07) is 0. The molecular weight excluding hydrogens is 391 g/mol. The van der Waals surface area contributed by atoms with Crippen LogP contribution in [0.4, 0.5) is 0 Å². The molecule has 0 rings (SSSR count). The summed E-state index contributed by atoms with van der Waals surface area (Å²) >= 11 is 0. The molecule has 1 atom stereocenters. The average Bonchev–Trinajstić information content (AvgIpc) is 2.50. The van der Waals surface area contributed by atoms with Crippen molar-refractivity contribution in [2.75, 3.05) is 19.8 Å². The van der Waals surface area contributed by atoms with Gasteiger partial charge in [0.2, 0.25) is 0 Å². The molecule has 0 radical (unpaired) electrons. The first-order valence-electron chi connectivity index (χ1n) is 8.34. The first kappa shape index (κ1) is 35.1. The van der Waals surface area contributed by atoms with Crippen LogP contribution in [0.2, 0.25) is 0 Å². The second-order valence-corrected chi connectivity index (χ2v) is 4.88. The standard InChI is InChI=1S/C5H8O3.3C4H10O.Zr/c1-3(4(2)6)5(7)8;3*1-2-3-4-5;/h3H,1-2H3,(H,7,8);3*5H,2-4H2,1H3;/p-1. The molecule has 24 heavy (non-hydrogen) atoms. The largest absolute Gasteiger partial charge is 0.549 e. The Balaban J connectivity index is -0.0000000677. The van der Waals surface area contributed by atoms with Crippen LogP contribution in [0.3, 0.4) is 0 Å². The van der Waals surface area contributed by atoms with Crippen molar-refractivity contribution in [2.24, 2.45) is 5.92 Å². The molecule has 0 aliphatic heterocycles. The minimum Gasteiger partial charge on any atom is -0.549 e. The summed E-state index contributed by atoms with van der Waals surface area (Å²) in [4.78, 5) is 20.0. The molecule has 0 aliphatic rings. The zero-order valence-corrected chi connectivity index (χ0v) is 18.5. The number of aliphatic hydroxyl groups excluding tert-OH is 3. The van der Waals surface area contributed by atoms with E-state index < -0.39 is 11.9 Å². The van der Waals surface area contributed by atoms with Gasteiger partial charge in [-0.2, -0.15) is 0 Å². The summed E-state index contributed by atoms with van der Waals surface area (Å²) in [5.74, 6) is -2.64. The van der Waals surface area contributed by atoms with E-state index in [0.717, 1.165) is 38.5 Å². The van der Waals surface area contributed by atoms with Crippen molar-refractivity contribution in [3.63, 3.8) is 0 Å². The van der Waals surface area contributed by atoms with Crippen molar-refractivity contribution in [1.29, 1.82) is 0 Å². The molecule has 3 N–H and O–H groups in total. The third kappa shape index (κ3) is 49.5. The van der Waals surface area contributed by atoms with Crippen LogP contribution in [0.15, 0.2) is 0 Å². The molecule has 7 heteroatoms. The van der Waals surface area contributed by atoms with Gasteiger partial charge in [0, 0.05) is 46.0 Å². The maximum Gasteiger partial charge on any atom is 0.138 e. The van der Waals surface area contributed by atoms with E-state index in [9.17, 15) is 14.7 Å². The first-order valence-corrected chi connectivity index (χ1v) is 8.34. The van der Waals surface area contributed by atoms with Crippen LogP contribution < -0.4 is 5.11 Å². The van der Waals surface area contributed by atoms with Crippen molar-refractivity contribution in [1.82, 2.24) is 0 Å². The summed E-state index contributed by atoms with van der Waals surface area (Å²) in [5.41, 5.74) is 0. The fourth-order valence-electron chi connectivity index (χ4n) is 0.640. The molecule has 0 heterocycles. The van der Waals surface area contributed by atoms with Crippen LogP contribution in [0.25, 0.3) is 0 Å². The minimum absolute atomic E-state index is 0. The van der Waals surface area contributed by atoms with Crippen molar-refractivity contribution >= 4 is 11.8 Å². The van der Waals surface area contributed by atoms with E-state index in [4.69, 9.17) is 15.3 Å². The number of hydrogen-bond donors (Lipinski definition) is 3. The van der Waals surface area contributed by atoms with Gasteiger partial charge in [-0.3, -0.25) is 4.79 Å². The topological polar surface area (TPSA) is 118 Å². The van der Waals surface area contributed by atoms with Gasteiger partial charge in [0.25, 0.3) is 0 Å². The Bertz CT molecular complexity index is 203. The van der Waals surface area contributed by atoms with Gasteiger partial charge in [-0.1, -0.05) is 47.0 Å². The van der Waals surface area contributed by atoms with Crippen LogP contribution >= 0.6 is 0 Å². The number of carbonyl (C=O) groups is 2. The number of carboxylic acids is 1. The number of Topliss-reactive ketones (excluding diaryl/α,β-unsaturated/α-hetero) is 1. The van der Waals surface area contributed by atoms with Gasteiger partial charge >= 0.3 is 0 Å². The van der Waals surface area contributed by atoms with E-state index in [2.05, 4.69) is 20.8 Å². The predicted molar refractivity (Wildman–Crippen MR) is 90.8 cm³/mol. The molecule has 0 saturated heterocycles. The molecular formula is C17H37O6Zr-. The van der Waals surface area contributed by atoms with E-state index in [-0.39, 0.29) is 32.0 Å². The number of aliphatic carboxylic acids is 1. The summed E-state index contributed by atoms with van der Waals surface area (Å²) in [6.45, 7) is 9.71. The molecule has 0 bridgehead atoms.